The highest BCUT2D eigenvalue weighted by Gasteiger charge is 2.31. The number of carbonyl (C=O) groups is 2. The van der Waals surface area contributed by atoms with Gasteiger partial charge in [0.2, 0.25) is 5.91 Å². The van der Waals surface area contributed by atoms with E-state index in [9.17, 15) is 22.8 Å². The molecule has 0 atom stereocenters. The van der Waals surface area contributed by atoms with Gasteiger partial charge in [0.1, 0.15) is 0 Å². The third kappa shape index (κ3) is 4.64. The molecule has 142 valence electrons. The van der Waals surface area contributed by atoms with Crippen molar-refractivity contribution in [3.8, 4) is 0 Å². The van der Waals surface area contributed by atoms with Crippen LogP contribution in [-0.2, 0) is 11.0 Å². The van der Waals surface area contributed by atoms with Gasteiger partial charge in [-0.25, -0.2) is 0 Å². The Hall–Kier alpha value is -2.90. The molecule has 1 aromatic heterocycles. The second-order valence-electron chi connectivity index (χ2n) is 6.37. The zero-order valence-electron chi connectivity index (χ0n) is 14.4. The van der Waals surface area contributed by atoms with Crippen LogP contribution in [0.5, 0.6) is 0 Å². The van der Waals surface area contributed by atoms with Crippen molar-refractivity contribution in [3.05, 3.63) is 59.9 Å². The molecule has 2 heterocycles. The summed E-state index contributed by atoms with van der Waals surface area (Å²) in [6, 6.07) is 7.58. The van der Waals surface area contributed by atoms with Crippen LogP contribution < -0.4 is 5.32 Å². The number of alkyl halides is 3. The molecule has 8 heteroatoms. The lowest BCUT2D eigenvalue weighted by Gasteiger charge is -2.31. The molecular weight excluding hydrogens is 359 g/mol. The molecule has 1 saturated heterocycles. The quantitative estimate of drug-likeness (QED) is 0.889. The van der Waals surface area contributed by atoms with E-state index in [1.165, 1.54) is 12.1 Å². The molecule has 0 aliphatic carbocycles. The topological polar surface area (TPSA) is 62.3 Å². The maximum absolute atomic E-state index is 12.6. The van der Waals surface area contributed by atoms with E-state index in [4.69, 9.17) is 0 Å². The Kier molecular flexibility index (Phi) is 5.43. The van der Waals surface area contributed by atoms with Gasteiger partial charge >= 0.3 is 6.18 Å². The van der Waals surface area contributed by atoms with Gasteiger partial charge in [-0.1, -0.05) is 0 Å². The Bertz CT molecular complexity index is 799. The summed E-state index contributed by atoms with van der Waals surface area (Å²) in [5.74, 6) is -0.644. The fraction of sp³-hybridized carbons (Fsp3) is 0.316. The maximum atomic E-state index is 12.6. The standard InChI is InChI=1S/C19H18F3N3O2/c20-19(21,22)15-3-1-14(2-4-15)18(27)25-11-7-13(8-12-25)17(26)24-16-5-9-23-10-6-16/h1-6,9-10,13H,7-8,11-12H2,(H,23,24,26). The molecule has 0 radical (unpaired) electrons. The lowest BCUT2D eigenvalue weighted by Crippen LogP contribution is -2.41. The molecule has 0 spiro atoms. The zero-order chi connectivity index (χ0) is 19.4. The summed E-state index contributed by atoms with van der Waals surface area (Å²) in [5.41, 5.74) is 0.0893. The molecule has 1 aromatic carbocycles. The number of halogens is 3. The second-order valence-corrected chi connectivity index (χ2v) is 6.37. The van der Waals surface area contributed by atoms with Gasteiger partial charge in [0.25, 0.3) is 5.91 Å². The number of amides is 2. The summed E-state index contributed by atoms with van der Waals surface area (Å²) >= 11 is 0. The van der Waals surface area contributed by atoms with E-state index >= 15 is 0 Å². The first-order valence-corrected chi connectivity index (χ1v) is 8.52. The van der Waals surface area contributed by atoms with Gasteiger partial charge in [-0.15, -0.1) is 0 Å². The lowest BCUT2D eigenvalue weighted by atomic mass is 9.95. The summed E-state index contributed by atoms with van der Waals surface area (Å²) in [4.78, 5) is 30.2. The lowest BCUT2D eigenvalue weighted by molar-refractivity contribution is -0.137. The summed E-state index contributed by atoms with van der Waals surface area (Å²) < 4.78 is 37.8. The van der Waals surface area contributed by atoms with Gasteiger partial charge in [0.05, 0.1) is 5.56 Å². The molecule has 2 amide bonds. The van der Waals surface area contributed by atoms with Crippen molar-refractivity contribution in [3.63, 3.8) is 0 Å². The van der Waals surface area contributed by atoms with E-state index in [1.54, 1.807) is 29.4 Å². The number of nitrogens with zero attached hydrogens (tertiary/aromatic N) is 2. The Morgan fingerprint density at radius 2 is 1.59 bits per heavy atom. The fourth-order valence-electron chi connectivity index (χ4n) is 3.01. The third-order valence-electron chi connectivity index (χ3n) is 4.56. The van der Waals surface area contributed by atoms with Gasteiger partial charge in [0.15, 0.2) is 0 Å². The van der Waals surface area contributed by atoms with Crippen molar-refractivity contribution < 1.29 is 22.8 Å². The van der Waals surface area contributed by atoms with Crippen LogP contribution in [0.25, 0.3) is 0 Å². The van der Waals surface area contributed by atoms with Gasteiger partial charge in [-0.05, 0) is 49.2 Å². The van der Waals surface area contributed by atoms with E-state index in [-0.39, 0.29) is 23.3 Å². The molecule has 1 N–H and O–H groups in total. The SMILES string of the molecule is O=C(Nc1ccncc1)C1CCN(C(=O)c2ccc(C(F)(F)F)cc2)CC1. The number of benzene rings is 1. The van der Waals surface area contributed by atoms with E-state index in [2.05, 4.69) is 10.3 Å². The van der Waals surface area contributed by atoms with E-state index in [1.807, 2.05) is 0 Å². The number of aromatic nitrogens is 1. The molecule has 0 saturated carbocycles. The number of rotatable bonds is 3. The largest absolute Gasteiger partial charge is 0.416 e. The van der Waals surface area contributed by atoms with Crippen LogP contribution in [0.3, 0.4) is 0 Å². The predicted octanol–water partition coefficient (Wildman–Crippen LogP) is 3.59. The molecule has 27 heavy (non-hydrogen) atoms. The maximum Gasteiger partial charge on any atom is 0.416 e. The fourth-order valence-corrected chi connectivity index (χ4v) is 3.01. The Labute approximate surface area is 154 Å². The van der Waals surface area contributed by atoms with Gasteiger partial charge < -0.3 is 10.2 Å². The molecule has 5 nitrogen and oxygen atoms in total. The monoisotopic (exact) mass is 377 g/mol. The van der Waals surface area contributed by atoms with E-state index in [0.717, 1.165) is 12.1 Å². The number of anilines is 1. The molecule has 0 unspecified atom stereocenters. The van der Waals surface area contributed by atoms with Crippen LogP contribution in [0, 0.1) is 5.92 Å². The molecule has 0 bridgehead atoms. The van der Waals surface area contributed by atoms with Crippen molar-refractivity contribution >= 4 is 17.5 Å². The van der Waals surface area contributed by atoms with Gasteiger partial charge in [-0.2, -0.15) is 13.2 Å². The number of nitrogens with one attached hydrogen (secondary N) is 1. The highest BCUT2D eigenvalue weighted by atomic mass is 19.4. The van der Waals surface area contributed by atoms with Crippen molar-refractivity contribution in [1.29, 1.82) is 0 Å². The highest BCUT2D eigenvalue weighted by molar-refractivity contribution is 5.95. The Morgan fingerprint density at radius 3 is 2.15 bits per heavy atom. The minimum atomic E-state index is -4.43. The van der Waals surface area contributed by atoms with Crippen LogP contribution in [-0.4, -0.2) is 34.8 Å². The number of piperidine rings is 1. The molecule has 3 rings (SSSR count). The number of hydrogen-bond donors (Lipinski definition) is 1. The van der Waals surface area contributed by atoms with Crippen LogP contribution in [0.4, 0.5) is 18.9 Å². The number of likely N-dealkylation sites (tertiary alicyclic amines) is 1. The number of hydrogen-bond acceptors (Lipinski definition) is 3. The molecule has 2 aromatic rings. The van der Waals surface area contributed by atoms with E-state index in [0.29, 0.717) is 31.6 Å². The minimum absolute atomic E-state index is 0.108. The van der Waals surface area contributed by atoms with Gasteiger partial charge in [0, 0.05) is 42.7 Å². The second kappa shape index (κ2) is 7.77. The molecule has 1 aliphatic rings. The summed E-state index contributed by atoms with van der Waals surface area (Å²) in [5, 5.41) is 2.82. The Morgan fingerprint density at radius 1 is 1.00 bits per heavy atom. The van der Waals surface area contributed by atoms with Crippen molar-refractivity contribution in [1.82, 2.24) is 9.88 Å². The normalized spacial score (nSPS) is 15.4. The Balaban J connectivity index is 1.55. The van der Waals surface area contributed by atoms with Crippen LogP contribution in [0.15, 0.2) is 48.8 Å². The van der Waals surface area contributed by atoms with Crippen molar-refractivity contribution in [2.24, 2.45) is 5.92 Å². The molecule has 1 fully saturated rings. The summed E-state index contributed by atoms with van der Waals surface area (Å²) in [6.45, 7) is 0.766. The molecular formula is C19H18F3N3O2. The highest BCUT2D eigenvalue weighted by Crippen LogP contribution is 2.29. The first-order chi connectivity index (χ1) is 12.8. The summed E-state index contributed by atoms with van der Waals surface area (Å²) in [6.07, 6.45) is -0.253. The smallest absolute Gasteiger partial charge is 0.339 e. The van der Waals surface area contributed by atoms with Crippen molar-refractivity contribution in [2.75, 3.05) is 18.4 Å². The van der Waals surface area contributed by atoms with Crippen LogP contribution >= 0.6 is 0 Å². The van der Waals surface area contributed by atoms with E-state index < -0.39 is 11.7 Å². The number of carbonyl (C=O) groups excluding carboxylic acids is 2. The predicted molar refractivity (Wildman–Crippen MR) is 92.9 cm³/mol. The average Bonchev–Trinajstić information content (AvgIpc) is 2.68. The van der Waals surface area contributed by atoms with Gasteiger partial charge in [-0.3, -0.25) is 14.6 Å². The van der Waals surface area contributed by atoms with Crippen molar-refractivity contribution in [2.45, 2.75) is 19.0 Å². The first kappa shape index (κ1) is 18.9. The summed E-state index contributed by atoms with van der Waals surface area (Å²) in [7, 11) is 0. The molecule has 1 aliphatic heterocycles. The first-order valence-electron chi connectivity index (χ1n) is 8.52. The zero-order valence-corrected chi connectivity index (χ0v) is 14.4. The number of pyridine rings is 1. The van der Waals surface area contributed by atoms with Crippen LogP contribution in [0.1, 0.15) is 28.8 Å². The minimum Gasteiger partial charge on any atom is -0.339 e. The average molecular weight is 377 g/mol. The third-order valence-corrected chi connectivity index (χ3v) is 4.56. The van der Waals surface area contributed by atoms with Crippen LogP contribution in [0.2, 0.25) is 0 Å².